The molecule has 11 N–H and O–H groups in total. The van der Waals surface area contributed by atoms with E-state index in [9.17, 15) is 56.2 Å². The summed E-state index contributed by atoms with van der Waals surface area (Å²) in [5, 5.41) is 119. The SMILES string of the molecule is C[C@@H]1O[C@@H](O[C@H]2[C@@H](O)[C@@H](C)O[C@@H](O[C@H]3CC[C@]4(C)[C@H]5CC=C6[C@@H]7CC(C)(C)CC[C@]7(C(=O)O[C@@H]7O[C@H](CO)[C@@H](O[C@@H]8O[C@@H](C)[C@H](O)[C@@H](O)[C@H]8O)[C@H](O)[C@H]7O)CC[C@@]6(C)[C@]5(C)CC[C@H]4C3(C)C)[C@@H]2O)[C@H](O)[C@H](O)[C@H]1O. The van der Waals surface area contributed by atoms with Gasteiger partial charge in [-0.05, 0) is 130 Å². The minimum absolute atomic E-state index is 0.0962. The second-order valence-electron chi connectivity index (χ2n) is 26.2. The molecule has 0 aromatic carbocycles. The number of fused-ring (bicyclic) bond motifs is 7. The van der Waals surface area contributed by atoms with Crippen molar-refractivity contribution in [2.75, 3.05) is 6.61 Å². The third-order valence-electron chi connectivity index (χ3n) is 21.3. The number of aliphatic hydroxyl groups excluding tert-OH is 11. The van der Waals surface area contributed by atoms with Crippen LogP contribution in [-0.2, 0) is 42.7 Å². The molecule has 0 unspecified atom stereocenters. The van der Waals surface area contributed by atoms with Crippen LogP contribution in [-0.4, -0.2) is 198 Å². The molecule has 74 heavy (non-hydrogen) atoms. The Morgan fingerprint density at radius 3 is 1.70 bits per heavy atom. The van der Waals surface area contributed by atoms with Crippen LogP contribution in [0.1, 0.15) is 133 Å². The van der Waals surface area contributed by atoms with Crippen molar-refractivity contribution in [2.24, 2.45) is 50.2 Å². The molecule has 0 amide bonds. The third-order valence-corrected chi connectivity index (χ3v) is 21.3. The molecule has 20 heteroatoms. The fourth-order valence-electron chi connectivity index (χ4n) is 16.4. The fourth-order valence-corrected chi connectivity index (χ4v) is 16.4. The normalized spacial score (nSPS) is 55.1. The van der Waals surface area contributed by atoms with Crippen LogP contribution < -0.4 is 0 Å². The van der Waals surface area contributed by atoms with Gasteiger partial charge in [0.25, 0.3) is 0 Å². The first-order valence-corrected chi connectivity index (χ1v) is 27.4. The summed E-state index contributed by atoms with van der Waals surface area (Å²) in [6.45, 7) is 20.1. The highest BCUT2D eigenvalue weighted by Crippen LogP contribution is 2.76. The van der Waals surface area contributed by atoms with Crippen molar-refractivity contribution in [1.29, 1.82) is 0 Å². The number of hydrogen-bond acceptors (Lipinski definition) is 20. The summed E-state index contributed by atoms with van der Waals surface area (Å²) < 4.78 is 48.1. The van der Waals surface area contributed by atoms with Gasteiger partial charge in [-0.25, -0.2) is 0 Å². The highest BCUT2D eigenvalue weighted by Gasteiger charge is 2.70. The Labute approximate surface area is 434 Å². The van der Waals surface area contributed by atoms with Gasteiger partial charge in [0.1, 0.15) is 79.4 Å². The summed E-state index contributed by atoms with van der Waals surface area (Å²) in [5.74, 6) is -0.235. The van der Waals surface area contributed by atoms with Gasteiger partial charge in [0.05, 0.1) is 36.4 Å². The van der Waals surface area contributed by atoms with Crippen LogP contribution >= 0.6 is 0 Å². The summed E-state index contributed by atoms with van der Waals surface area (Å²) >= 11 is 0. The van der Waals surface area contributed by atoms with Crippen molar-refractivity contribution in [1.82, 2.24) is 0 Å². The second kappa shape index (κ2) is 20.2. The van der Waals surface area contributed by atoms with Crippen molar-refractivity contribution >= 4 is 5.97 Å². The minimum Gasteiger partial charge on any atom is -0.432 e. The standard InChI is InChI=1S/C54H88O20/c1-23-32(56)35(59)38(62)44(67-23)72-42-28(22-55)70-46(40(64)37(42)61)74-48(66)54-19-17-49(4,5)21-27(54)26-11-12-30-51(8)15-14-31(50(6,7)29(51)13-16-53(30,10)52(26,9)18-20-54)71-47-41(65)43(34(58)25(3)69-47)73-45-39(63)36(60)33(57)24(2)68-45/h11,23-25,27-47,55-65H,12-22H2,1-10H3/t23-,24-,25+,27-,28+,29-,30+,31-,32-,33-,34-,35+,36+,37+,38+,39+,40+,41+,42+,43-,44-,45-,46-,47-,51-,52+,53+,54-/m0/s1. The molecule has 4 saturated heterocycles. The van der Waals surface area contributed by atoms with E-state index in [1.807, 2.05) is 0 Å². The lowest BCUT2D eigenvalue weighted by atomic mass is 9.33. The summed E-state index contributed by atoms with van der Waals surface area (Å²) in [6, 6.07) is 0. The van der Waals surface area contributed by atoms with E-state index >= 15 is 4.79 Å². The Kier molecular flexibility index (Phi) is 15.6. The molecular formula is C54H88O20. The molecule has 9 rings (SSSR count). The fraction of sp³-hybridized carbons (Fsp3) is 0.944. The second-order valence-corrected chi connectivity index (χ2v) is 26.2. The molecule has 0 aromatic heterocycles. The van der Waals surface area contributed by atoms with Gasteiger partial charge in [-0.3, -0.25) is 4.79 Å². The van der Waals surface area contributed by atoms with Gasteiger partial charge in [-0.2, -0.15) is 0 Å². The van der Waals surface area contributed by atoms with Gasteiger partial charge in [-0.15, -0.1) is 0 Å². The van der Waals surface area contributed by atoms with Crippen molar-refractivity contribution in [3.8, 4) is 0 Å². The number of aliphatic hydroxyl groups is 11. The van der Waals surface area contributed by atoms with E-state index in [0.29, 0.717) is 25.7 Å². The van der Waals surface area contributed by atoms with Gasteiger partial charge in [0.15, 0.2) is 18.9 Å². The van der Waals surface area contributed by atoms with Crippen LogP contribution in [0.15, 0.2) is 11.6 Å². The number of carbonyl (C=O) groups excluding carboxylic acids is 1. The highest BCUT2D eigenvalue weighted by atomic mass is 16.8. The van der Waals surface area contributed by atoms with E-state index in [0.717, 1.165) is 38.5 Å². The van der Waals surface area contributed by atoms with Crippen LogP contribution in [0.25, 0.3) is 0 Å². The number of ether oxygens (including phenoxy) is 8. The number of carbonyl (C=O) groups is 1. The molecule has 5 aliphatic carbocycles. The van der Waals surface area contributed by atoms with Crippen LogP contribution in [0.3, 0.4) is 0 Å². The Bertz CT molecular complexity index is 2060. The van der Waals surface area contributed by atoms with E-state index in [-0.39, 0.29) is 45.5 Å². The molecule has 0 spiro atoms. The topological polar surface area (TPSA) is 313 Å². The van der Waals surface area contributed by atoms with Crippen LogP contribution in [0.2, 0.25) is 0 Å². The first kappa shape index (κ1) is 57.2. The van der Waals surface area contributed by atoms with Crippen molar-refractivity contribution in [2.45, 2.75) is 262 Å². The Balaban J connectivity index is 0.914. The summed E-state index contributed by atoms with van der Waals surface area (Å²) in [6.07, 6.45) is -18.7. The van der Waals surface area contributed by atoms with E-state index in [1.54, 1.807) is 6.92 Å². The zero-order valence-corrected chi connectivity index (χ0v) is 44.8. The number of esters is 1. The van der Waals surface area contributed by atoms with Gasteiger partial charge < -0.3 is 94.1 Å². The highest BCUT2D eigenvalue weighted by molar-refractivity contribution is 5.79. The molecule has 0 radical (unpaired) electrons. The Hall–Kier alpha value is -1.51. The maximum atomic E-state index is 15.1. The molecule has 28 atom stereocenters. The first-order valence-electron chi connectivity index (χ1n) is 27.4. The van der Waals surface area contributed by atoms with Gasteiger partial charge in [-0.1, -0.05) is 60.1 Å². The zero-order valence-electron chi connectivity index (χ0n) is 44.8. The van der Waals surface area contributed by atoms with Crippen molar-refractivity contribution < 1.29 is 98.9 Å². The zero-order chi connectivity index (χ0) is 54.2. The first-order chi connectivity index (χ1) is 34.5. The molecule has 20 nitrogen and oxygen atoms in total. The lowest BCUT2D eigenvalue weighted by Gasteiger charge is -2.71. The van der Waals surface area contributed by atoms with E-state index < -0.39 is 146 Å². The average Bonchev–Trinajstić information content (AvgIpc) is 3.34. The predicted octanol–water partition coefficient (Wildman–Crippen LogP) is 1.05. The average molecular weight is 1060 g/mol. The van der Waals surface area contributed by atoms with Crippen molar-refractivity contribution in [3.63, 3.8) is 0 Å². The van der Waals surface area contributed by atoms with Crippen LogP contribution in [0, 0.1) is 50.2 Å². The number of hydrogen-bond donors (Lipinski definition) is 11. The number of allylic oxidation sites excluding steroid dienone is 2. The molecule has 9 aliphatic rings. The van der Waals surface area contributed by atoms with Gasteiger partial charge >= 0.3 is 5.97 Å². The third kappa shape index (κ3) is 9.09. The van der Waals surface area contributed by atoms with E-state index in [1.165, 1.54) is 19.4 Å². The molecular weight excluding hydrogens is 969 g/mol. The number of rotatable bonds is 9. The minimum atomic E-state index is -1.81. The maximum absolute atomic E-state index is 15.1. The van der Waals surface area contributed by atoms with Crippen molar-refractivity contribution in [3.05, 3.63) is 11.6 Å². The van der Waals surface area contributed by atoms with E-state index in [4.69, 9.17) is 37.9 Å². The molecule has 8 fully saturated rings. The van der Waals surface area contributed by atoms with Gasteiger partial charge in [0, 0.05) is 0 Å². The predicted molar refractivity (Wildman–Crippen MR) is 259 cm³/mol. The van der Waals surface area contributed by atoms with E-state index in [2.05, 4.69) is 54.5 Å². The molecule has 0 bridgehead atoms. The van der Waals surface area contributed by atoms with Crippen LogP contribution in [0.4, 0.5) is 0 Å². The summed E-state index contributed by atoms with van der Waals surface area (Å²) in [5.41, 5.74) is -0.750. The smallest absolute Gasteiger partial charge is 0.315 e. The Morgan fingerprint density at radius 1 is 0.568 bits per heavy atom. The molecule has 4 aliphatic heterocycles. The Morgan fingerprint density at radius 2 is 1.11 bits per heavy atom. The quantitative estimate of drug-likeness (QED) is 0.0874. The summed E-state index contributed by atoms with van der Waals surface area (Å²) in [4.78, 5) is 15.1. The lowest BCUT2D eigenvalue weighted by molar-refractivity contribution is -0.364. The van der Waals surface area contributed by atoms with Gasteiger partial charge in [0.2, 0.25) is 6.29 Å². The monoisotopic (exact) mass is 1060 g/mol. The van der Waals surface area contributed by atoms with Crippen LogP contribution in [0.5, 0.6) is 0 Å². The molecule has 4 saturated carbocycles. The molecule has 4 heterocycles. The maximum Gasteiger partial charge on any atom is 0.315 e. The largest absolute Gasteiger partial charge is 0.432 e. The summed E-state index contributed by atoms with van der Waals surface area (Å²) in [7, 11) is 0. The molecule has 424 valence electrons. The molecule has 0 aromatic rings. The lowest BCUT2D eigenvalue weighted by Crippen LogP contribution is -2.66.